The van der Waals surface area contributed by atoms with E-state index in [4.69, 9.17) is 9.47 Å². The Morgan fingerprint density at radius 2 is 1.83 bits per heavy atom. The van der Waals surface area contributed by atoms with Gasteiger partial charge in [0.25, 0.3) is 0 Å². The first-order valence-corrected chi connectivity index (χ1v) is 7.80. The lowest BCUT2D eigenvalue weighted by atomic mass is 10.0. The zero-order chi connectivity index (χ0) is 16.1. The highest BCUT2D eigenvalue weighted by Gasteiger charge is 2.28. The fraction of sp³-hybridized carbons (Fsp3) is 0.316. The average Bonchev–Trinajstić information content (AvgIpc) is 2.59. The summed E-state index contributed by atoms with van der Waals surface area (Å²) in [6, 6.07) is 18.1. The number of hydrogen-bond donors (Lipinski definition) is 0. The molecule has 23 heavy (non-hydrogen) atoms. The summed E-state index contributed by atoms with van der Waals surface area (Å²) in [4.78, 5) is 14.2. The van der Waals surface area contributed by atoms with Crippen LogP contribution in [0.4, 0.5) is 0 Å². The van der Waals surface area contributed by atoms with Gasteiger partial charge in [-0.25, -0.2) is 0 Å². The molecule has 1 fully saturated rings. The molecule has 1 atom stereocenters. The molecular weight excluding hydrogens is 290 g/mol. The number of hydrogen-bond acceptors (Lipinski definition) is 3. The highest BCUT2D eigenvalue weighted by atomic mass is 16.5. The molecule has 4 heteroatoms. The lowest BCUT2D eigenvalue weighted by molar-refractivity contribution is -0.148. The van der Waals surface area contributed by atoms with Crippen LogP contribution >= 0.6 is 0 Å². The summed E-state index contributed by atoms with van der Waals surface area (Å²) in [6.45, 7) is 1.35. The number of ether oxygens (including phenoxy) is 2. The van der Waals surface area contributed by atoms with Crippen LogP contribution in [0, 0.1) is 0 Å². The first-order chi connectivity index (χ1) is 11.3. The third-order valence-corrected chi connectivity index (χ3v) is 4.12. The van der Waals surface area contributed by atoms with E-state index >= 15 is 0 Å². The number of nitrogens with zero attached hydrogens (tertiary/aromatic N) is 1. The topological polar surface area (TPSA) is 38.8 Å². The summed E-state index contributed by atoms with van der Waals surface area (Å²) in [5.74, 6) is 0.871. The van der Waals surface area contributed by atoms with Crippen LogP contribution in [0.2, 0.25) is 0 Å². The second-order valence-corrected chi connectivity index (χ2v) is 5.73. The quantitative estimate of drug-likeness (QED) is 0.852. The molecule has 1 heterocycles. The van der Waals surface area contributed by atoms with Gasteiger partial charge >= 0.3 is 0 Å². The van der Waals surface area contributed by atoms with Crippen molar-refractivity contribution in [3.8, 4) is 5.75 Å². The molecule has 1 amide bonds. The zero-order valence-corrected chi connectivity index (χ0v) is 13.3. The van der Waals surface area contributed by atoms with Crippen molar-refractivity contribution in [2.24, 2.45) is 0 Å². The maximum atomic E-state index is 12.3. The summed E-state index contributed by atoms with van der Waals surface area (Å²) in [7, 11) is 1.65. The molecule has 0 aromatic heterocycles. The Kier molecular flexibility index (Phi) is 4.93. The van der Waals surface area contributed by atoms with E-state index in [9.17, 15) is 4.79 Å². The molecule has 0 radical (unpaired) electrons. The number of carbonyl (C=O) groups is 1. The fourth-order valence-corrected chi connectivity index (χ4v) is 2.86. The minimum absolute atomic E-state index is 0.0491. The van der Waals surface area contributed by atoms with Crippen molar-refractivity contribution in [3.05, 3.63) is 65.7 Å². The Bertz CT molecular complexity index is 639. The SMILES string of the molecule is COc1ccc(CN2C(=O)COC[C@H]2Cc2ccccc2)cc1. The minimum Gasteiger partial charge on any atom is -0.497 e. The minimum atomic E-state index is 0.0491. The van der Waals surface area contributed by atoms with Crippen LogP contribution in [-0.2, 0) is 22.5 Å². The maximum absolute atomic E-state index is 12.3. The molecule has 1 saturated heterocycles. The molecule has 3 rings (SSSR count). The molecule has 0 spiro atoms. The highest BCUT2D eigenvalue weighted by molar-refractivity contribution is 5.78. The van der Waals surface area contributed by atoms with Crippen molar-refractivity contribution in [1.29, 1.82) is 0 Å². The number of rotatable bonds is 5. The molecule has 4 nitrogen and oxygen atoms in total. The lowest BCUT2D eigenvalue weighted by Crippen LogP contribution is -2.49. The molecule has 0 saturated carbocycles. The first kappa shape index (κ1) is 15.6. The van der Waals surface area contributed by atoms with Crippen molar-refractivity contribution in [3.63, 3.8) is 0 Å². The highest BCUT2D eigenvalue weighted by Crippen LogP contribution is 2.19. The average molecular weight is 311 g/mol. The zero-order valence-electron chi connectivity index (χ0n) is 13.3. The van der Waals surface area contributed by atoms with Crippen LogP contribution in [0.3, 0.4) is 0 Å². The molecule has 2 aromatic rings. The third kappa shape index (κ3) is 3.90. The molecule has 1 aliphatic rings. The van der Waals surface area contributed by atoms with E-state index in [2.05, 4.69) is 12.1 Å². The molecule has 0 N–H and O–H groups in total. The van der Waals surface area contributed by atoms with Crippen molar-refractivity contribution in [2.45, 2.75) is 19.0 Å². The number of methoxy groups -OCH3 is 1. The Hall–Kier alpha value is -2.33. The Morgan fingerprint density at radius 3 is 2.52 bits per heavy atom. The Labute approximate surface area is 136 Å². The van der Waals surface area contributed by atoms with E-state index in [1.807, 2.05) is 47.4 Å². The lowest BCUT2D eigenvalue weighted by Gasteiger charge is -2.35. The molecule has 1 aliphatic heterocycles. The fourth-order valence-electron chi connectivity index (χ4n) is 2.86. The van der Waals surface area contributed by atoms with Gasteiger partial charge < -0.3 is 14.4 Å². The van der Waals surface area contributed by atoms with Crippen LogP contribution in [0.1, 0.15) is 11.1 Å². The smallest absolute Gasteiger partial charge is 0.249 e. The number of morpholine rings is 1. The van der Waals surface area contributed by atoms with Gasteiger partial charge in [-0.3, -0.25) is 4.79 Å². The number of amides is 1. The number of benzene rings is 2. The van der Waals surface area contributed by atoms with Gasteiger partial charge in [0.1, 0.15) is 12.4 Å². The van der Waals surface area contributed by atoms with Gasteiger partial charge in [-0.05, 0) is 29.7 Å². The van der Waals surface area contributed by atoms with Gasteiger partial charge in [-0.1, -0.05) is 42.5 Å². The normalized spacial score (nSPS) is 18.0. The van der Waals surface area contributed by atoms with Crippen LogP contribution in [0.5, 0.6) is 5.75 Å². The predicted octanol–water partition coefficient (Wildman–Crippen LogP) is 2.67. The summed E-state index contributed by atoms with van der Waals surface area (Å²) in [6.07, 6.45) is 0.808. The van der Waals surface area contributed by atoms with Gasteiger partial charge in [0.2, 0.25) is 5.91 Å². The van der Waals surface area contributed by atoms with Crippen LogP contribution < -0.4 is 4.74 Å². The van der Waals surface area contributed by atoms with E-state index in [1.165, 1.54) is 5.56 Å². The van der Waals surface area contributed by atoms with Gasteiger partial charge in [0, 0.05) is 6.54 Å². The summed E-state index contributed by atoms with van der Waals surface area (Å²) in [5.41, 5.74) is 2.31. The van der Waals surface area contributed by atoms with Gasteiger partial charge in [-0.2, -0.15) is 0 Å². The molecular formula is C19H21NO3. The molecule has 120 valence electrons. The van der Waals surface area contributed by atoms with E-state index in [0.29, 0.717) is 13.2 Å². The van der Waals surface area contributed by atoms with E-state index in [0.717, 1.165) is 17.7 Å². The van der Waals surface area contributed by atoms with Crippen LogP contribution in [0.25, 0.3) is 0 Å². The summed E-state index contributed by atoms with van der Waals surface area (Å²) < 4.78 is 10.6. The second kappa shape index (κ2) is 7.29. The summed E-state index contributed by atoms with van der Waals surface area (Å²) >= 11 is 0. The second-order valence-electron chi connectivity index (χ2n) is 5.73. The molecule has 0 unspecified atom stereocenters. The summed E-state index contributed by atoms with van der Waals surface area (Å²) in [5, 5.41) is 0. The van der Waals surface area contributed by atoms with E-state index in [-0.39, 0.29) is 18.6 Å². The Balaban J connectivity index is 1.73. The molecule has 0 aliphatic carbocycles. The van der Waals surface area contributed by atoms with Crippen molar-refractivity contribution in [1.82, 2.24) is 4.90 Å². The van der Waals surface area contributed by atoms with Gasteiger partial charge in [-0.15, -0.1) is 0 Å². The first-order valence-electron chi connectivity index (χ1n) is 7.80. The van der Waals surface area contributed by atoms with Crippen molar-refractivity contribution in [2.75, 3.05) is 20.3 Å². The molecule has 2 aromatic carbocycles. The van der Waals surface area contributed by atoms with Crippen LogP contribution in [0.15, 0.2) is 54.6 Å². The maximum Gasteiger partial charge on any atom is 0.249 e. The van der Waals surface area contributed by atoms with E-state index < -0.39 is 0 Å². The van der Waals surface area contributed by atoms with Crippen molar-refractivity contribution < 1.29 is 14.3 Å². The predicted molar refractivity (Wildman–Crippen MR) is 88.3 cm³/mol. The largest absolute Gasteiger partial charge is 0.497 e. The van der Waals surface area contributed by atoms with E-state index in [1.54, 1.807) is 7.11 Å². The monoisotopic (exact) mass is 311 g/mol. The van der Waals surface area contributed by atoms with Gasteiger partial charge in [0.05, 0.1) is 19.8 Å². The van der Waals surface area contributed by atoms with Crippen molar-refractivity contribution >= 4 is 5.91 Å². The standard InChI is InChI=1S/C19H21NO3/c1-22-18-9-7-16(8-10-18)12-20-17(13-23-14-19(20)21)11-15-5-3-2-4-6-15/h2-10,17H,11-14H2,1H3/t17-/m1/s1. The Morgan fingerprint density at radius 1 is 1.09 bits per heavy atom. The van der Waals surface area contributed by atoms with Gasteiger partial charge in [0.15, 0.2) is 0 Å². The number of carbonyl (C=O) groups excluding carboxylic acids is 1. The molecule has 0 bridgehead atoms. The van der Waals surface area contributed by atoms with Crippen LogP contribution in [-0.4, -0.2) is 37.2 Å². The third-order valence-electron chi connectivity index (χ3n) is 4.12.